The van der Waals surface area contributed by atoms with E-state index in [9.17, 15) is 17.6 Å². The number of benzene rings is 2. The molecule has 1 N–H and O–H groups in total. The third kappa shape index (κ3) is 6.07. The number of hydrogen-bond donors (Lipinski definition) is 1. The molecule has 2 heterocycles. The second kappa shape index (κ2) is 10.9. The van der Waals surface area contributed by atoms with Crippen LogP contribution in [0.5, 0.6) is 0 Å². The number of rotatable bonds is 9. The molecule has 0 aliphatic heterocycles. The van der Waals surface area contributed by atoms with Gasteiger partial charge in [0, 0.05) is 17.3 Å². The van der Waals surface area contributed by atoms with Crippen molar-refractivity contribution in [3.8, 4) is 0 Å². The molecule has 0 saturated heterocycles. The van der Waals surface area contributed by atoms with Crippen LogP contribution in [0.25, 0.3) is 0 Å². The van der Waals surface area contributed by atoms with Crippen molar-refractivity contribution in [2.24, 2.45) is 0 Å². The summed E-state index contributed by atoms with van der Waals surface area (Å²) in [5.41, 5.74) is 1.28. The number of carbonyl (C=O) groups excluding carboxylic acids is 1. The standard InChI is InChI=1S/C25H22ClFN4O4S/c1-2-36(33,34)25-28-14-22(23(30-25)24(32)29-20-10-8-19(27)9-11-20)31(16-21-7-4-12-35-21)15-17-5-3-6-18(26)13-17/h3-14H,2,15-16H2,1H3,(H,29,32). The summed E-state index contributed by atoms with van der Waals surface area (Å²) in [7, 11) is -3.80. The van der Waals surface area contributed by atoms with Gasteiger partial charge in [-0.1, -0.05) is 30.7 Å². The number of nitrogens with one attached hydrogen (secondary N) is 1. The first kappa shape index (κ1) is 25.3. The van der Waals surface area contributed by atoms with Crippen LogP contribution in [0.3, 0.4) is 0 Å². The lowest BCUT2D eigenvalue weighted by Crippen LogP contribution is -2.27. The highest BCUT2D eigenvalue weighted by Gasteiger charge is 2.25. The molecule has 0 saturated carbocycles. The van der Waals surface area contributed by atoms with Gasteiger partial charge in [0.15, 0.2) is 5.69 Å². The van der Waals surface area contributed by atoms with Gasteiger partial charge in [-0.05, 0) is 54.1 Å². The van der Waals surface area contributed by atoms with Crippen molar-refractivity contribution >= 4 is 38.7 Å². The minimum Gasteiger partial charge on any atom is -0.467 e. The summed E-state index contributed by atoms with van der Waals surface area (Å²) in [6.07, 6.45) is 2.84. The number of furan rings is 1. The number of aromatic nitrogens is 2. The number of nitrogens with zero attached hydrogens (tertiary/aromatic N) is 3. The van der Waals surface area contributed by atoms with Crippen LogP contribution in [-0.4, -0.2) is 30.0 Å². The van der Waals surface area contributed by atoms with Crippen LogP contribution in [0.15, 0.2) is 82.7 Å². The maximum Gasteiger partial charge on any atom is 0.276 e. The molecular formula is C25H22ClFN4O4S. The predicted molar refractivity (Wildman–Crippen MR) is 134 cm³/mol. The van der Waals surface area contributed by atoms with Gasteiger partial charge in [-0.2, -0.15) is 0 Å². The Bertz CT molecular complexity index is 1460. The van der Waals surface area contributed by atoms with Crippen molar-refractivity contribution in [3.05, 3.63) is 101 Å². The van der Waals surface area contributed by atoms with Crippen molar-refractivity contribution in [1.82, 2.24) is 9.97 Å². The van der Waals surface area contributed by atoms with E-state index in [2.05, 4.69) is 15.3 Å². The predicted octanol–water partition coefficient (Wildman–Crippen LogP) is 5.11. The molecule has 2 aromatic carbocycles. The monoisotopic (exact) mass is 528 g/mol. The topological polar surface area (TPSA) is 105 Å². The molecule has 2 aromatic heterocycles. The highest BCUT2D eigenvalue weighted by Crippen LogP contribution is 2.26. The normalized spacial score (nSPS) is 11.3. The number of anilines is 2. The third-order valence-corrected chi connectivity index (χ3v) is 7.00. The lowest BCUT2D eigenvalue weighted by Gasteiger charge is -2.25. The minimum absolute atomic E-state index is 0.157. The number of amides is 1. The number of carbonyl (C=O) groups is 1. The van der Waals surface area contributed by atoms with E-state index in [1.807, 2.05) is 6.07 Å². The van der Waals surface area contributed by atoms with E-state index in [0.29, 0.717) is 23.0 Å². The van der Waals surface area contributed by atoms with Gasteiger partial charge in [-0.15, -0.1) is 0 Å². The number of hydrogen-bond acceptors (Lipinski definition) is 7. The Morgan fingerprint density at radius 1 is 1.11 bits per heavy atom. The van der Waals surface area contributed by atoms with Crippen LogP contribution in [0.4, 0.5) is 15.8 Å². The smallest absolute Gasteiger partial charge is 0.276 e. The van der Waals surface area contributed by atoms with Gasteiger partial charge in [0.25, 0.3) is 5.91 Å². The lowest BCUT2D eigenvalue weighted by molar-refractivity contribution is 0.102. The fraction of sp³-hybridized carbons (Fsp3) is 0.160. The molecule has 0 aliphatic carbocycles. The van der Waals surface area contributed by atoms with Crippen LogP contribution < -0.4 is 10.2 Å². The second-order valence-electron chi connectivity index (χ2n) is 7.82. The summed E-state index contributed by atoms with van der Waals surface area (Å²) in [5.74, 6) is -0.767. The van der Waals surface area contributed by atoms with Crippen molar-refractivity contribution in [3.63, 3.8) is 0 Å². The number of sulfone groups is 1. The Balaban J connectivity index is 1.79. The zero-order valence-corrected chi connectivity index (χ0v) is 20.8. The molecule has 0 bridgehead atoms. The molecule has 0 fully saturated rings. The molecule has 36 heavy (non-hydrogen) atoms. The average molecular weight is 529 g/mol. The van der Waals surface area contributed by atoms with E-state index < -0.39 is 26.7 Å². The van der Waals surface area contributed by atoms with Gasteiger partial charge >= 0.3 is 0 Å². The summed E-state index contributed by atoms with van der Waals surface area (Å²) in [6, 6.07) is 15.9. The molecule has 1 amide bonds. The summed E-state index contributed by atoms with van der Waals surface area (Å²) in [5, 5.41) is 2.73. The van der Waals surface area contributed by atoms with Gasteiger partial charge in [0.1, 0.15) is 11.6 Å². The molecule has 0 atom stereocenters. The van der Waals surface area contributed by atoms with E-state index in [0.717, 1.165) is 5.56 Å². The molecule has 4 aromatic rings. The van der Waals surface area contributed by atoms with Gasteiger partial charge < -0.3 is 14.6 Å². The SMILES string of the molecule is CCS(=O)(=O)c1ncc(N(Cc2cccc(Cl)c2)Cc2ccco2)c(C(=O)Nc2ccc(F)cc2)n1. The van der Waals surface area contributed by atoms with Crippen molar-refractivity contribution in [2.45, 2.75) is 25.2 Å². The molecule has 0 unspecified atom stereocenters. The Morgan fingerprint density at radius 3 is 2.56 bits per heavy atom. The fourth-order valence-corrected chi connectivity index (χ4v) is 4.35. The van der Waals surface area contributed by atoms with Crippen molar-refractivity contribution in [1.29, 1.82) is 0 Å². The van der Waals surface area contributed by atoms with Crippen molar-refractivity contribution in [2.75, 3.05) is 16.0 Å². The molecule has 11 heteroatoms. The Morgan fingerprint density at radius 2 is 1.89 bits per heavy atom. The quantitative estimate of drug-likeness (QED) is 0.301. The summed E-state index contributed by atoms with van der Waals surface area (Å²) in [6.45, 7) is 1.99. The van der Waals surface area contributed by atoms with Gasteiger partial charge in [0.05, 0.1) is 30.4 Å². The highest BCUT2D eigenvalue weighted by atomic mass is 35.5. The first-order valence-electron chi connectivity index (χ1n) is 10.9. The molecular weight excluding hydrogens is 507 g/mol. The van der Waals surface area contributed by atoms with E-state index in [1.165, 1.54) is 43.6 Å². The van der Waals surface area contributed by atoms with Gasteiger partial charge in [-0.25, -0.2) is 22.8 Å². The molecule has 0 aliphatic rings. The minimum atomic E-state index is -3.80. The van der Waals surface area contributed by atoms with Crippen LogP contribution in [0.1, 0.15) is 28.7 Å². The molecule has 0 radical (unpaired) electrons. The maximum atomic E-state index is 13.3. The summed E-state index contributed by atoms with van der Waals surface area (Å²) in [4.78, 5) is 23.3. The highest BCUT2D eigenvalue weighted by molar-refractivity contribution is 7.91. The lowest BCUT2D eigenvalue weighted by atomic mass is 10.2. The Hall–Kier alpha value is -3.76. The first-order valence-corrected chi connectivity index (χ1v) is 13.0. The first-order chi connectivity index (χ1) is 17.2. The zero-order chi connectivity index (χ0) is 25.7. The van der Waals surface area contributed by atoms with E-state index in [1.54, 1.807) is 35.2 Å². The van der Waals surface area contributed by atoms with Gasteiger partial charge in [-0.3, -0.25) is 4.79 Å². The Labute approximate surface area is 212 Å². The largest absolute Gasteiger partial charge is 0.467 e. The Kier molecular flexibility index (Phi) is 7.66. The molecule has 8 nitrogen and oxygen atoms in total. The summed E-state index contributed by atoms with van der Waals surface area (Å²) < 4.78 is 43.8. The molecule has 186 valence electrons. The van der Waals surface area contributed by atoms with Crippen molar-refractivity contribution < 1.29 is 22.0 Å². The fourth-order valence-electron chi connectivity index (χ4n) is 3.43. The zero-order valence-electron chi connectivity index (χ0n) is 19.2. The molecule has 0 spiro atoms. The van der Waals surface area contributed by atoms with Gasteiger partial charge in [0.2, 0.25) is 15.0 Å². The molecule has 4 rings (SSSR count). The van der Waals surface area contributed by atoms with Crippen LogP contribution in [0, 0.1) is 5.82 Å². The van der Waals surface area contributed by atoms with Crippen LogP contribution >= 0.6 is 11.6 Å². The van der Waals surface area contributed by atoms with Crippen LogP contribution in [-0.2, 0) is 22.9 Å². The van der Waals surface area contributed by atoms with Crippen LogP contribution in [0.2, 0.25) is 5.02 Å². The van der Waals surface area contributed by atoms with E-state index >= 15 is 0 Å². The maximum absolute atomic E-state index is 13.3. The van der Waals surface area contributed by atoms with E-state index in [4.69, 9.17) is 16.0 Å². The second-order valence-corrected chi connectivity index (χ2v) is 10.4. The number of halogens is 2. The van der Waals surface area contributed by atoms with E-state index in [-0.39, 0.29) is 23.7 Å². The average Bonchev–Trinajstić information content (AvgIpc) is 3.38. The third-order valence-electron chi connectivity index (χ3n) is 5.25. The summed E-state index contributed by atoms with van der Waals surface area (Å²) >= 11 is 6.17.